The van der Waals surface area contributed by atoms with Gasteiger partial charge in [-0.05, 0) is 91.3 Å². The summed E-state index contributed by atoms with van der Waals surface area (Å²) in [7, 11) is 0. The third-order valence-corrected chi connectivity index (χ3v) is 11.4. The Balaban J connectivity index is 0.000000603. The van der Waals surface area contributed by atoms with Crippen LogP contribution in [0.1, 0.15) is 113 Å². The normalized spacial score (nSPS) is 47.4. The molecule has 1 saturated heterocycles. The number of fused-ring (bicyclic) bond motifs is 7. The van der Waals surface area contributed by atoms with Crippen LogP contribution >= 0.6 is 0 Å². The summed E-state index contributed by atoms with van der Waals surface area (Å²) in [6.45, 7) is 17.4. The molecular formula is C30H55NO3. The van der Waals surface area contributed by atoms with Crippen LogP contribution < -0.4 is 5.32 Å². The number of hydrogen-bond acceptors (Lipinski definition) is 3. The number of nitrogens with one attached hydrogen (secondary N) is 1. The first-order valence-corrected chi connectivity index (χ1v) is 14.8. The summed E-state index contributed by atoms with van der Waals surface area (Å²) in [5.41, 5.74) is 1.18. The Morgan fingerprint density at radius 3 is 2.44 bits per heavy atom. The summed E-state index contributed by atoms with van der Waals surface area (Å²) in [6.07, 6.45) is 15.5. The van der Waals surface area contributed by atoms with E-state index in [-0.39, 0.29) is 6.47 Å². The third kappa shape index (κ3) is 4.84. The Morgan fingerprint density at radius 2 is 1.76 bits per heavy atom. The standard InChI is InChI=1S/C27H47NO.C2H6.CH2O2/c1-6-17(2)16-28-25-18(3)24-23(29-25)15-22-20-11-10-19-9-7-8-13-26(19,4)21(20)12-14-27(22,24)5;1-2;2-1-3/h17-25,28H,6-16H2,1-5H3;1-2H3;1H,(H,2,3)/t17-,18-,19?,20+,21?,22?,23?,24?,25-,26-,27-;;/m0../s1. The molecule has 1 heterocycles. The molecule has 5 aliphatic rings. The topological polar surface area (TPSA) is 58.6 Å². The number of rotatable bonds is 4. The van der Waals surface area contributed by atoms with E-state index in [4.69, 9.17) is 14.6 Å². The molecule has 198 valence electrons. The van der Waals surface area contributed by atoms with E-state index in [1.165, 1.54) is 64.2 Å². The molecular weight excluding hydrogens is 422 g/mol. The van der Waals surface area contributed by atoms with Crippen LogP contribution in [0.3, 0.4) is 0 Å². The fourth-order valence-corrected chi connectivity index (χ4v) is 9.60. The van der Waals surface area contributed by atoms with E-state index in [1.54, 1.807) is 0 Å². The van der Waals surface area contributed by atoms with Gasteiger partial charge in [-0.15, -0.1) is 0 Å². The summed E-state index contributed by atoms with van der Waals surface area (Å²) in [5.74, 6) is 6.14. The number of carboxylic acid groups (broad SMARTS) is 1. The maximum Gasteiger partial charge on any atom is 0.290 e. The van der Waals surface area contributed by atoms with E-state index < -0.39 is 0 Å². The van der Waals surface area contributed by atoms with Crippen molar-refractivity contribution < 1.29 is 14.6 Å². The molecule has 0 spiro atoms. The quantitative estimate of drug-likeness (QED) is 0.415. The van der Waals surface area contributed by atoms with Crippen molar-refractivity contribution in [3.63, 3.8) is 0 Å². The van der Waals surface area contributed by atoms with Gasteiger partial charge in [0.25, 0.3) is 6.47 Å². The zero-order chi connectivity index (χ0) is 25.1. The third-order valence-electron chi connectivity index (χ3n) is 11.4. The van der Waals surface area contributed by atoms with Crippen molar-refractivity contribution in [3.05, 3.63) is 0 Å². The Morgan fingerprint density at radius 1 is 1.06 bits per heavy atom. The van der Waals surface area contributed by atoms with Crippen molar-refractivity contribution in [1.29, 1.82) is 0 Å². The van der Waals surface area contributed by atoms with Gasteiger partial charge in [0.1, 0.15) is 6.23 Å². The molecule has 34 heavy (non-hydrogen) atoms. The van der Waals surface area contributed by atoms with E-state index in [9.17, 15) is 0 Å². The lowest BCUT2D eigenvalue weighted by Crippen LogP contribution is -2.53. The molecule has 4 heteroatoms. The average molecular weight is 478 g/mol. The molecule has 5 unspecified atom stereocenters. The summed E-state index contributed by atoms with van der Waals surface area (Å²) < 4.78 is 6.75. The minimum absolute atomic E-state index is 0.250. The van der Waals surface area contributed by atoms with Crippen molar-refractivity contribution in [2.24, 2.45) is 52.3 Å². The minimum atomic E-state index is -0.250. The van der Waals surface area contributed by atoms with Crippen molar-refractivity contribution in [3.8, 4) is 0 Å². The fourth-order valence-electron chi connectivity index (χ4n) is 9.60. The van der Waals surface area contributed by atoms with Crippen LogP contribution in [0.25, 0.3) is 0 Å². The van der Waals surface area contributed by atoms with Crippen molar-refractivity contribution in [2.75, 3.05) is 6.54 Å². The number of ether oxygens (including phenoxy) is 1. The van der Waals surface area contributed by atoms with E-state index in [0.29, 0.717) is 29.1 Å². The van der Waals surface area contributed by atoms with Crippen LogP contribution in [0.15, 0.2) is 0 Å². The van der Waals surface area contributed by atoms with E-state index >= 15 is 0 Å². The first kappa shape index (κ1) is 28.0. The van der Waals surface area contributed by atoms with E-state index in [0.717, 1.165) is 42.1 Å². The van der Waals surface area contributed by atoms with E-state index in [1.807, 2.05) is 13.8 Å². The molecule has 1 aliphatic heterocycles. The van der Waals surface area contributed by atoms with Crippen molar-refractivity contribution in [1.82, 2.24) is 5.32 Å². The molecule has 5 fully saturated rings. The zero-order valence-corrected chi connectivity index (χ0v) is 23.3. The first-order chi connectivity index (χ1) is 16.3. The van der Waals surface area contributed by atoms with Gasteiger partial charge in [-0.25, -0.2) is 0 Å². The van der Waals surface area contributed by atoms with Crippen LogP contribution in [0.2, 0.25) is 0 Å². The predicted molar refractivity (Wildman–Crippen MR) is 141 cm³/mol. The Hall–Kier alpha value is -0.610. The van der Waals surface area contributed by atoms with Crippen molar-refractivity contribution in [2.45, 2.75) is 125 Å². The Kier molecular flexibility index (Phi) is 9.57. The summed E-state index contributed by atoms with van der Waals surface area (Å²) in [5, 5.41) is 10.7. The molecule has 11 atom stereocenters. The second-order valence-corrected chi connectivity index (χ2v) is 12.7. The van der Waals surface area contributed by atoms with Crippen LogP contribution in [-0.2, 0) is 9.53 Å². The molecule has 2 N–H and O–H groups in total. The zero-order valence-electron chi connectivity index (χ0n) is 23.3. The highest BCUT2D eigenvalue weighted by atomic mass is 16.5. The van der Waals surface area contributed by atoms with Crippen molar-refractivity contribution >= 4 is 6.47 Å². The fraction of sp³-hybridized carbons (Fsp3) is 0.967. The van der Waals surface area contributed by atoms with Crippen LogP contribution in [0.4, 0.5) is 0 Å². The summed E-state index contributed by atoms with van der Waals surface area (Å²) in [4.78, 5) is 8.36. The molecule has 4 aliphatic carbocycles. The smallest absolute Gasteiger partial charge is 0.290 e. The molecule has 0 radical (unpaired) electrons. The number of hydrogen-bond donors (Lipinski definition) is 2. The largest absolute Gasteiger partial charge is 0.483 e. The SMILES string of the molecule is CC.CC[C@H](C)CN[C@H]1OC2CC3[C@@H]4CCC5CCCC[C@]5(C)C4CC[C@]3(C)C2[C@@H]1C.O=CO. The highest BCUT2D eigenvalue weighted by Crippen LogP contribution is 2.69. The second-order valence-electron chi connectivity index (χ2n) is 12.7. The molecule has 0 aromatic heterocycles. The average Bonchev–Trinajstić information content (AvgIpc) is 3.32. The van der Waals surface area contributed by atoms with Gasteiger partial charge in [-0.3, -0.25) is 10.1 Å². The Bertz CT molecular complexity index is 655. The van der Waals surface area contributed by atoms with Crippen LogP contribution in [0.5, 0.6) is 0 Å². The van der Waals surface area contributed by atoms with Gasteiger partial charge >= 0.3 is 0 Å². The van der Waals surface area contributed by atoms with Gasteiger partial charge in [0.2, 0.25) is 0 Å². The number of carbonyl (C=O) groups is 1. The first-order valence-electron chi connectivity index (χ1n) is 14.8. The van der Waals surface area contributed by atoms with Gasteiger partial charge in [-0.1, -0.05) is 67.7 Å². The highest BCUT2D eigenvalue weighted by molar-refractivity contribution is 5.32. The van der Waals surface area contributed by atoms with Gasteiger partial charge in [0, 0.05) is 12.5 Å². The molecule has 4 nitrogen and oxygen atoms in total. The van der Waals surface area contributed by atoms with E-state index in [2.05, 4.69) is 39.9 Å². The molecule has 0 aromatic rings. The van der Waals surface area contributed by atoms with Gasteiger partial charge in [0.15, 0.2) is 0 Å². The van der Waals surface area contributed by atoms with Gasteiger partial charge in [-0.2, -0.15) is 0 Å². The highest BCUT2D eigenvalue weighted by Gasteiger charge is 2.65. The summed E-state index contributed by atoms with van der Waals surface area (Å²) in [6, 6.07) is 0. The second kappa shape index (κ2) is 11.6. The monoisotopic (exact) mass is 477 g/mol. The van der Waals surface area contributed by atoms with Crippen LogP contribution in [-0.4, -0.2) is 30.5 Å². The van der Waals surface area contributed by atoms with Gasteiger partial charge in [0.05, 0.1) is 6.10 Å². The maximum absolute atomic E-state index is 8.36. The lowest BCUT2D eigenvalue weighted by Gasteiger charge is -2.60. The molecule has 5 rings (SSSR count). The molecule has 0 aromatic carbocycles. The lowest BCUT2D eigenvalue weighted by molar-refractivity contribution is -0.122. The maximum atomic E-state index is 8.36. The minimum Gasteiger partial charge on any atom is -0.483 e. The molecule has 0 amide bonds. The van der Waals surface area contributed by atoms with Gasteiger partial charge < -0.3 is 9.84 Å². The lowest BCUT2D eigenvalue weighted by atomic mass is 9.44. The Labute approximate surface area is 210 Å². The summed E-state index contributed by atoms with van der Waals surface area (Å²) >= 11 is 0. The molecule has 4 saturated carbocycles. The predicted octanol–water partition coefficient (Wildman–Crippen LogP) is 7.37. The van der Waals surface area contributed by atoms with Crippen LogP contribution in [0, 0.1) is 52.3 Å². The molecule has 0 bridgehead atoms.